The molecule has 0 bridgehead atoms. The lowest BCUT2D eigenvalue weighted by molar-refractivity contribution is 0.127. The Bertz CT molecular complexity index is 161. The van der Waals surface area contributed by atoms with E-state index in [9.17, 15) is 0 Å². The zero-order valence-electron chi connectivity index (χ0n) is 10.3. The summed E-state index contributed by atoms with van der Waals surface area (Å²) in [6, 6.07) is 0.807. The summed E-state index contributed by atoms with van der Waals surface area (Å²) >= 11 is 5.66. The Morgan fingerprint density at radius 2 is 1.87 bits per heavy atom. The van der Waals surface area contributed by atoms with Crippen molar-refractivity contribution in [2.24, 2.45) is 5.92 Å². The van der Waals surface area contributed by atoms with Crippen molar-refractivity contribution in [1.82, 2.24) is 4.90 Å². The largest absolute Gasteiger partial charge is 0.301 e. The molecule has 0 aliphatic carbocycles. The van der Waals surface area contributed by atoms with Crippen LogP contribution in [0.2, 0.25) is 0 Å². The maximum absolute atomic E-state index is 5.66. The van der Waals surface area contributed by atoms with Gasteiger partial charge in [-0.3, -0.25) is 0 Å². The molecule has 1 saturated heterocycles. The van der Waals surface area contributed by atoms with Crippen LogP contribution in [0.15, 0.2) is 0 Å². The quantitative estimate of drug-likeness (QED) is 0.495. The lowest BCUT2D eigenvalue weighted by Crippen LogP contribution is -2.40. The summed E-state index contributed by atoms with van der Waals surface area (Å²) < 4.78 is 0. The molecule has 0 saturated carbocycles. The number of hydrogen-bond acceptors (Lipinski definition) is 1. The molecule has 1 aliphatic heterocycles. The van der Waals surface area contributed by atoms with E-state index in [4.69, 9.17) is 11.6 Å². The summed E-state index contributed by atoms with van der Waals surface area (Å²) in [5, 5.41) is 0. The number of halogens is 1. The minimum absolute atomic E-state index is 0.807. The fourth-order valence-corrected chi connectivity index (χ4v) is 2.74. The first-order chi connectivity index (χ1) is 7.24. The number of rotatable bonds is 6. The first-order valence-electron chi connectivity index (χ1n) is 6.54. The van der Waals surface area contributed by atoms with Gasteiger partial charge in [0.25, 0.3) is 0 Å². The van der Waals surface area contributed by atoms with Gasteiger partial charge in [-0.25, -0.2) is 0 Å². The molecule has 0 spiro atoms. The zero-order chi connectivity index (χ0) is 11.1. The molecule has 2 heteroatoms. The van der Waals surface area contributed by atoms with Crippen molar-refractivity contribution in [2.45, 2.75) is 58.4 Å². The second-order valence-corrected chi connectivity index (χ2v) is 5.50. The van der Waals surface area contributed by atoms with Crippen molar-refractivity contribution in [3.63, 3.8) is 0 Å². The van der Waals surface area contributed by atoms with E-state index in [1.165, 1.54) is 51.6 Å². The van der Waals surface area contributed by atoms with Crippen molar-refractivity contribution in [3.05, 3.63) is 0 Å². The second-order valence-electron chi connectivity index (χ2n) is 5.12. The van der Waals surface area contributed by atoms with Gasteiger partial charge in [0.15, 0.2) is 0 Å². The summed E-state index contributed by atoms with van der Waals surface area (Å²) in [6.45, 7) is 7.39. The van der Waals surface area contributed by atoms with Gasteiger partial charge in [0.2, 0.25) is 0 Å². The molecule has 1 rings (SSSR count). The van der Waals surface area contributed by atoms with Crippen LogP contribution < -0.4 is 0 Å². The number of unbranched alkanes of at least 4 members (excludes halogenated alkanes) is 3. The average molecular weight is 232 g/mol. The van der Waals surface area contributed by atoms with Crippen LogP contribution >= 0.6 is 11.6 Å². The first kappa shape index (κ1) is 13.3. The van der Waals surface area contributed by atoms with Gasteiger partial charge in [0.05, 0.1) is 0 Å². The Morgan fingerprint density at radius 3 is 2.53 bits per heavy atom. The summed E-state index contributed by atoms with van der Waals surface area (Å²) in [5.74, 6) is 1.77. The lowest BCUT2D eigenvalue weighted by Gasteiger charge is -2.36. The highest BCUT2D eigenvalue weighted by atomic mass is 35.5. The summed E-state index contributed by atoms with van der Waals surface area (Å²) in [5.41, 5.74) is 0. The maximum atomic E-state index is 5.66. The molecule has 1 heterocycles. The summed E-state index contributed by atoms with van der Waals surface area (Å²) in [7, 11) is 0. The fourth-order valence-electron chi connectivity index (χ4n) is 2.55. The molecule has 15 heavy (non-hydrogen) atoms. The standard InChI is InChI=1S/C13H26ClN/c1-12-7-10-15(13(2)11-12)9-6-4-3-5-8-14/h12-13H,3-11H2,1-2H3. The summed E-state index contributed by atoms with van der Waals surface area (Å²) in [6.07, 6.45) is 7.99. The van der Waals surface area contributed by atoms with Crippen molar-refractivity contribution < 1.29 is 0 Å². The van der Waals surface area contributed by atoms with Crippen LogP contribution in [0.4, 0.5) is 0 Å². The van der Waals surface area contributed by atoms with Gasteiger partial charge in [-0.05, 0) is 51.6 Å². The van der Waals surface area contributed by atoms with Crippen LogP contribution in [-0.4, -0.2) is 29.9 Å². The Kier molecular flexibility index (Phi) is 6.67. The van der Waals surface area contributed by atoms with Crippen LogP contribution in [0.25, 0.3) is 0 Å². The van der Waals surface area contributed by atoms with E-state index in [0.29, 0.717) is 0 Å². The molecule has 0 aromatic carbocycles. The molecule has 0 N–H and O–H groups in total. The van der Waals surface area contributed by atoms with E-state index >= 15 is 0 Å². The molecule has 0 aromatic rings. The third-order valence-electron chi connectivity index (χ3n) is 3.60. The van der Waals surface area contributed by atoms with E-state index in [0.717, 1.165) is 17.8 Å². The number of piperidine rings is 1. The van der Waals surface area contributed by atoms with Gasteiger partial charge in [0, 0.05) is 11.9 Å². The molecular formula is C13H26ClN. The number of likely N-dealkylation sites (tertiary alicyclic amines) is 1. The monoisotopic (exact) mass is 231 g/mol. The first-order valence-corrected chi connectivity index (χ1v) is 7.07. The van der Waals surface area contributed by atoms with Crippen molar-refractivity contribution >= 4 is 11.6 Å². The molecule has 0 aromatic heterocycles. The molecule has 2 unspecified atom stereocenters. The Balaban J connectivity index is 2.05. The average Bonchev–Trinajstić information content (AvgIpc) is 2.20. The van der Waals surface area contributed by atoms with Gasteiger partial charge >= 0.3 is 0 Å². The van der Waals surface area contributed by atoms with Gasteiger partial charge in [0.1, 0.15) is 0 Å². The van der Waals surface area contributed by atoms with Crippen LogP contribution in [0.5, 0.6) is 0 Å². The van der Waals surface area contributed by atoms with Gasteiger partial charge in [-0.2, -0.15) is 0 Å². The van der Waals surface area contributed by atoms with Crippen LogP contribution in [0.3, 0.4) is 0 Å². The van der Waals surface area contributed by atoms with Crippen molar-refractivity contribution in [3.8, 4) is 0 Å². The van der Waals surface area contributed by atoms with Crippen molar-refractivity contribution in [1.29, 1.82) is 0 Å². The summed E-state index contributed by atoms with van der Waals surface area (Å²) in [4.78, 5) is 2.67. The molecule has 0 amide bonds. The van der Waals surface area contributed by atoms with Gasteiger partial charge in [-0.15, -0.1) is 11.6 Å². The van der Waals surface area contributed by atoms with E-state index in [1.54, 1.807) is 0 Å². The number of nitrogens with zero attached hydrogens (tertiary/aromatic N) is 1. The second kappa shape index (κ2) is 7.51. The number of hydrogen-bond donors (Lipinski definition) is 0. The lowest BCUT2D eigenvalue weighted by atomic mass is 9.93. The predicted octanol–water partition coefficient (Wildman–Crippen LogP) is 3.91. The van der Waals surface area contributed by atoms with Gasteiger partial charge < -0.3 is 4.90 Å². The topological polar surface area (TPSA) is 3.24 Å². The zero-order valence-corrected chi connectivity index (χ0v) is 11.1. The third-order valence-corrected chi connectivity index (χ3v) is 3.87. The maximum Gasteiger partial charge on any atom is 0.0223 e. The molecule has 2 atom stereocenters. The van der Waals surface area contributed by atoms with Crippen LogP contribution in [0.1, 0.15) is 52.4 Å². The third kappa shape index (κ3) is 5.21. The van der Waals surface area contributed by atoms with Crippen LogP contribution in [0, 0.1) is 5.92 Å². The smallest absolute Gasteiger partial charge is 0.0223 e. The SMILES string of the molecule is CC1CCN(CCCCCCCl)C(C)C1. The normalized spacial score (nSPS) is 28.2. The minimum Gasteiger partial charge on any atom is -0.301 e. The molecule has 1 aliphatic rings. The van der Waals surface area contributed by atoms with Gasteiger partial charge in [-0.1, -0.05) is 19.8 Å². The van der Waals surface area contributed by atoms with E-state index in [-0.39, 0.29) is 0 Å². The Hall–Kier alpha value is 0.250. The minimum atomic E-state index is 0.807. The van der Waals surface area contributed by atoms with E-state index < -0.39 is 0 Å². The predicted molar refractivity (Wildman–Crippen MR) is 68.6 cm³/mol. The van der Waals surface area contributed by atoms with E-state index in [2.05, 4.69) is 18.7 Å². The highest BCUT2D eigenvalue weighted by molar-refractivity contribution is 6.17. The Labute approximate surface area is 100 Å². The molecule has 1 fully saturated rings. The van der Waals surface area contributed by atoms with Crippen molar-refractivity contribution in [2.75, 3.05) is 19.0 Å². The highest BCUT2D eigenvalue weighted by Gasteiger charge is 2.21. The molecule has 90 valence electrons. The molecule has 0 radical (unpaired) electrons. The Morgan fingerprint density at radius 1 is 1.13 bits per heavy atom. The molecule has 1 nitrogen and oxygen atoms in total. The van der Waals surface area contributed by atoms with Crippen LogP contribution in [-0.2, 0) is 0 Å². The number of alkyl halides is 1. The fraction of sp³-hybridized carbons (Fsp3) is 1.00. The van der Waals surface area contributed by atoms with E-state index in [1.807, 2.05) is 0 Å². The molecular weight excluding hydrogens is 206 g/mol. The highest BCUT2D eigenvalue weighted by Crippen LogP contribution is 2.22.